The summed E-state index contributed by atoms with van der Waals surface area (Å²) in [5.41, 5.74) is 38.7. The Hall–Kier alpha value is -2.93. The third kappa shape index (κ3) is 5.84. The smallest absolute Gasteiger partial charge is 0.141 e. The van der Waals surface area contributed by atoms with Gasteiger partial charge in [-0.25, -0.2) is 0 Å². The van der Waals surface area contributed by atoms with Gasteiger partial charge in [0.05, 0.1) is 0 Å². The van der Waals surface area contributed by atoms with E-state index in [4.69, 9.17) is 0 Å². The number of nitrogens with one attached hydrogen (secondary N) is 1. The molecule has 1 N–H and O–H groups in total. The van der Waals surface area contributed by atoms with Crippen molar-refractivity contribution in [3.63, 3.8) is 0 Å². The zero-order valence-corrected chi connectivity index (χ0v) is 38.5. The number of benzene rings is 6. The van der Waals surface area contributed by atoms with Crippen molar-refractivity contribution in [1.82, 2.24) is 0 Å². The van der Waals surface area contributed by atoms with Crippen LogP contribution in [0.1, 0.15) is 0 Å². The average Bonchev–Trinajstić information content (AvgIpc) is 3.15. The maximum Gasteiger partial charge on any atom is 0.141 e. The van der Waals surface area contributed by atoms with Crippen LogP contribution in [0.3, 0.4) is 0 Å². The fourth-order valence-electron chi connectivity index (χ4n) is 10.4. The highest BCUT2D eigenvalue weighted by Gasteiger charge is 2.26. The summed E-state index contributed by atoms with van der Waals surface area (Å²) in [5, 5.41) is 9.87. The van der Waals surface area contributed by atoms with Crippen LogP contribution in [0.15, 0.2) is 0 Å². The van der Waals surface area contributed by atoms with Gasteiger partial charge in [-0.1, -0.05) is 87.4 Å². The summed E-state index contributed by atoms with van der Waals surface area (Å²) in [6.45, 7) is 0. The second-order valence-corrected chi connectivity index (χ2v) is 17.6. The van der Waals surface area contributed by atoms with Gasteiger partial charge in [0, 0.05) is 11.4 Å². The summed E-state index contributed by atoms with van der Waals surface area (Å²) in [7, 11) is 51.3. The molecule has 0 atom stereocenters. The van der Waals surface area contributed by atoms with Gasteiger partial charge in [0.15, 0.2) is 0 Å². The zero-order chi connectivity index (χ0) is 41.2. The van der Waals surface area contributed by atoms with Gasteiger partial charge < -0.3 is 5.32 Å². The van der Waals surface area contributed by atoms with Crippen molar-refractivity contribution < 1.29 is 0 Å². The van der Waals surface area contributed by atoms with E-state index in [1.807, 2.05) is 0 Å². The van der Waals surface area contributed by atoms with Gasteiger partial charge in [-0.2, -0.15) is 0 Å². The largest absolute Gasteiger partial charge is 0.357 e. The van der Waals surface area contributed by atoms with Crippen LogP contribution in [0.5, 0.6) is 0 Å². The van der Waals surface area contributed by atoms with Gasteiger partial charge in [-0.3, -0.25) is 0 Å². The first kappa shape index (κ1) is 41.7. The molecule has 23 heteroatoms. The number of hydrogen-bond donors (Lipinski definition) is 1. The Bertz CT molecular complexity index is 2500. The standard InChI is InChI=1S/C32H45B22N/c33-9-3(1-5(13(37)21(9)45)15(39)25(49)23(47)11(1)35)7-17(41)27(51)31(28(52)18(7)42)55-32-29(53)19(43)8(20(44)30(32)54)4-2-6(14(38)22(46)10(4)34)16(40)26(50)24(48)12(2)36/h55H,33-54H2. The predicted octanol–water partition coefficient (Wildman–Crippen LogP) is -29.2. The molecular weight excluding hydrogens is 636 g/mol. The molecule has 0 radical (unpaired) electrons. The highest BCUT2D eigenvalue weighted by molar-refractivity contribution is 6.75. The van der Waals surface area contributed by atoms with Gasteiger partial charge in [-0.05, 0) is 43.8 Å². The number of rotatable bonds is 4. The summed E-state index contributed by atoms with van der Waals surface area (Å²) in [6.07, 6.45) is 0. The summed E-state index contributed by atoms with van der Waals surface area (Å²) in [4.78, 5) is 0. The molecule has 0 spiro atoms. The van der Waals surface area contributed by atoms with E-state index in [2.05, 4.69) is 178 Å². The van der Waals surface area contributed by atoms with E-state index in [1.54, 1.807) is 0 Å². The third-order valence-corrected chi connectivity index (χ3v) is 15.6. The first-order valence-electron chi connectivity index (χ1n) is 20.5. The van der Waals surface area contributed by atoms with Crippen molar-refractivity contribution in [2.45, 2.75) is 0 Å². The number of anilines is 2. The van der Waals surface area contributed by atoms with Crippen LogP contribution in [-0.2, 0) is 0 Å². The Morgan fingerprint density at radius 3 is 0.582 bits per heavy atom. The molecule has 0 aromatic heterocycles. The zero-order valence-electron chi connectivity index (χ0n) is 38.5. The van der Waals surface area contributed by atoms with Crippen molar-refractivity contribution >= 4 is 326 Å². The molecule has 0 amide bonds. The highest BCUT2D eigenvalue weighted by atomic mass is 14.9. The lowest BCUT2D eigenvalue weighted by atomic mass is 9.56. The van der Waals surface area contributed by atoms with Gasteiger partial charge in [0.25, 0.3) is 0 Å². The van der Waals surface area contributed by atoms with E-state index in [-0.39, 0.29) is 0 Å². The summed E-state index contributed by atoms with van der Waals surface area (Å²) < 4.78 is 0. The topological polar surface area (TPSA) is 12.0 Å². The van der Waals surface area contributed by atoms with E-state index in [0.29, 0.717) is 0 Å². The minimum absolute atomic E-state index is 1.24. The van der Waals surface area contributed by atoms with E-state index in [0.717, 1.165) is 0 Å². The molecule has 1 nitrogen and oxygen atoms in total. The van der Waals surface area contributed by atoms with Gasteiger partial charge in [0.2, 0.25) is 0 Å². The molecule has 0 aliphatic carbocycles. The van der Waals surface area contributed by atoms with Gasteiger partial charge in [0.1, 0.15) is 173 Å². The quantitative estimate of drug-likeness (QED) is 0.183. The molecule has 6 aromatic carbocycles. The maximum absolute atomic E-state index is 4.12. The molecule has 0 fully saturated rings. The van der Waals surface area contributed by atoms with Crippen molar-refractivity contribution in [1.29, 1.82) is 0 Å². The Balaban J connectivity index is 1.62. The van der Waals surface area contributed by atoms with Crippen LogP contribution in [0.2, 0.25) is 0 Å². The molecule has 0 unspecified atom stereocenters. The number of fused-ring (bicyclic) bond motifs is 2. The first-order valence-corrected chi connectivity index (χ1v) is 20.5. The lowest BCUT2D eigenvalue weighted by molar-refractivity contribution is 1.69. The Morgan fingerprint density at radius 1 is 0.164 bits per heavy atom. The average molecular weight is 682 g/mol. The van der Waals surface area contributed by atoms with Crippen LogP contribution in [0, 0.1) is 0 Å². The molecule has 0 aliphatic rings. The molecule has 55 heavy (non-hydrogen) atoms. The van der Waals surface area contributed by atoms with Crippen molar-refractivity contribution in [3.05, 3.63) is 0 Å². The minimum Gasteiger partial charge on any atom is -0.357 e. The summed E-state index contributed by atoms with van der Waals surface area (Å²) in [5.74, 6) is 0. The van der Waals surface area contributed by atoms with Crippen LogP contribution < -0.4 is 125 Å². The molecule has 6 rings (SSSR count). The van der Waals surface area contributed by atoms with Gasteiger partial charge >= 0.3 is 0 Å². The van der Waals surface area contributed by atoms with E-state index < -0.39 is 0 Å². The molecular formula is C32H45B22N. The van der Waals surface area contributed by atoms with E-state index >= 15 is 0 Å². The molecule has 6 aromatic rings. The fraction of sp³-hybridized carbons (Fsp3) is 0. The predicted molar refractivity (Wildman–Crippen MR) is 322 cm³/mol. The normalized spacial score (nSPS) is 11.4. The van der Waals surface area contributed by atoms with E-state index in [9.17, 15) is 0 Å². The molecule has 0 aliphatic heterocycles. The van der Waals surface area contributed by atoms with Crippen LogP contribution in [0.25, 0.3) is 43.8 Å². The van der Waals surface area contributed by atoms with Crippen LogP contribution >= 0.6 is 0 Å². The molecule has 0 saturated heterocycles. The Labute approximate surface area is 351 Å². The van der Waals surface area contributed by atoms with Crippen LogP contribution in [-0.4, -0.2) is 173 Å². The maximum atomic E-state index is 4.12. The fourth-order valence-corrected chi connectivity index (χ4v) is 10.4. The third-order valence-electron chi connectivity index (χ3n) is 15.6. The lowest BCUT2D eigenvalue weighted by Gasteiger charge is -2.31. The molecule has 244 valence electrons. The Morgan fingerprint density at radius 2 is 0.345 bits per heavy atom. The highest BCUT2D eigenvalue weighted by Crippen LogP contribution is 2.23. The van der Waals surface area contributed by atoms with Crippen molar-refractivity contribution in [2.75, 3.05) is 5.32 Å². The number of hydrogen-bond acceptors (Lipinski definition) is 1. The SMILES string of the molecule is Bc1c(B)c(-c2c(B)c(B)c(B)c3c(B)c(B)c(B)c(B)c23)c(B)c(B)c1Nc1c(B)c(B)c(-c2c(B)c(B)c(B)c3c(B)c(B)c(B)c(B)c23)c(B)c1B. The van der Waals surface area contributed by atoms with E-state index in [1.165, 1.54) is 175 Å². The summed E-state index contributed by atoms with van der Waals surface area (Å²) >= 11 is 0. The molecule has 0 bridgehead atoms. The summed E-state index contributed by atoms with van der Waals surface area (Å²) in [6, 6.07) is 0. The second kappa shape index (κ2) is 14.5. The lowest BCUT2D eigenvalue weighted by Crippen LogP contribution is -2.54. The van der Waals surface area contributed by atoms with Crippen molar-refractivity contribution in [2.24, 2.45) is 0 Å². The van der Waals surface area contributed by atoms with Crippen LogP contribution in [0.4, 0.5) is 11.4 Å². The molecule has 0 heterocycles. The van der Waals surface area contributed by atoms with Gasteiger partial charge in [-0.15, -0.1) is 32.8 Å². The molecule has 0 saturated carbocycles. The second-order valence-electron chi connectivity index (χ2n) is 17.6. The minimum atomic E-state index is 1.24. The monoisotopic (exact) mass is 686 g/mol. The Kier molecular flexibility index (Phi) is 11.0. The first-order chi connectivity index (χ1) is 25.5. The van der Waals surface area contributed by atoms with Crippen molar-refractivity contribution in [3.8, 4) is 22.3 Å².